The summed E-state index contributed by atoms with van der Waals surface area (Å²) in [5, 5.41) is 8.96. The van der Waals surface area contributed by atoms with Crippen molar-refractivity contribution in [3.05, 3.63) is 72.7 Å². The zero-order chi connectivity index (χ0) is 23.9. The van der Waals surface area contributed by atoms with E-state index in [-0.39, 0.29) is 30.0 Å². The minimum absolute atomic E-state index is 0.0348. The van der Waals surface area contributed by atoms with E-state index in [9.17, 15) is 14.0 Å². The smallest absolute Gasteiger partial charge is 0.289 e. The number of hydrogen-bond acceptors (Lipinski definition) is 7. The van der Waals surface area contributed by atoms with Crippen LogP contribution in [0.25, 0.3) is 0 Å². The molecule has 1 aliphatic rings. The van der Waals surface area contributed by atoms with Crippen molar-refractivity contribution in [3.8, 4) is 5.75 Å². The van der Waals surface area contributed by atoms with Gasteiger partial charge in [0.15, 0.2) is 16.7 Å². The van der Waals surface area contributed by atoms with E-state index < -0.39 is 0 Å². The molecule has 0 bridgehead atoms. The van der Waals surface area contributed by atoms with Crippen LogP contribution < -0.4 is 4.74 Å². The molecule has 3 heterocycles. The predicted molar refractivity (Wildman–Crippen MR) is 123 cm³/mol. The summed E-state index contributed by atoms with van der Waals surface area (Å²) < 4.78 is 25.7. The van der Waals surface area contributed by atoms with Crippen LogP contribution in [0.1, 0.15) is 16.4 Å². The molecule has 0 N–H and O–H groups in total. The number of benzene rings is 1. The first kappa shape index (κ1) is 23.6. The number of thioether (sulfide) groups is 1. The Kier molecular flexibility index (Phi) is 7.63. The van der Waals surface area contributed by atoms with Crippen molar-refractivity contribution in [2.45, 2.75) is 18.3 Å². The van der Waals surface area contributed by atoms with Crippen molar-refractivity contribution in [2.24, 2.45) is 0 Å². The first-order valence-electron chi connectivity index (χ1n) is 10.7. The Balaban J connectivity index is 1.29. The third-order valence-electron chi connectivity index (χ3n) is 5.26. The fraction of sp³-hybridized carbons (Fsp3) is 0.304. The number of ether oxygens (including phenoxy) is 1. The SMILES string of the molecule is C=CCn1c(COc2ccc(F)cc2)nnc1SCC(=O)N1CCN(C(=O)c2ccco2)CC1. The van der Waals surface area contributed by atoms with Crippen molar-refractivity contribution in [1.29, 1.82) is 0 Å². The van der Waals surface area contributed by atoms with Crippen LogP contribution in [0.3, 0.4) is 0 Å². The lowest BCUT2D eigenvalue weighted by Crippen LogP contribution is -2.51. The summed E-state index contributed by atoms with van der Waals surface area (Å²) in [4.78, 5) is 28.5. The molecule has 178 valence electrons. The Morgan fingerprint density at radius 2 is 1.85 bits per heavy atom. The normalized spacial score (nSPS) is 13.7. The molecule has 2 aromatic heterocycles. The van der Waals surface area contributed by atoms with Crippen LogP contribution in [0.4, 0.5) is 4.39 Å². The van der Waals surface area contributed by atoms with Gasteiger partial charge in [0, 0.05) is 32.7 Å². The van der Waals surface area contributed by atoms with Gasteiger partial charge in [0.2, 0.25) is 5.91 Å². The van der Waals surface area contributed by atoms with Gasteiger partial charge in [-0.25, -0.2) is 4.39 Å². The van der Waals surface area contributed by atoms with E-state index in [1.54, 1.807) is 40.1 Å². The standard InChI is InChI=1S/C23H24FN5O4S/c1-2-9-29-20(15-33-18-7-5-17(24)6-8-18)25-26-23(29)34-16-21(30)27-10-12-28(13-11-27)22(31)19-4-3-14-32-19/h2-8,14H,1,9-13,15-16H2. The van der Waals surface area contributed by atoms with Gasteiger partial charge in [-0.15, -0.1) is 16.8 Å². The molecular weight excluding hydrogens is 461 g/mol. The van der Waals surface area contributed by atoms with E-state index in [1.165, 1.54) is 30.2 Å². The van der Waals surface area contributed by atoms with Gasteiger partial charge in [0.1, 0.15) is 18.2 Å². The number of nitrogens with zero attached hydrogens (tertiary/aromatic N) is 5. The van der Waals surface area contributed by atoms with Crippen LogP contribution in [-0.4, -0.2) is 68.3 Å². The van der Waals surface area contributed by atoms with Crippen LogP contribution >= 0.6 is 11.8 Å². The van der Waals surface area contributed by atoms with Crippen molar-refractivity contribution in [3.63, 3.8) is 0 Å². The van der Waals surface area contributed by atoms with Gasteiger partial charge in [0.05, 0.1) is 12.0 Å². The van der Waals surface area contributed by atoms with Gasteiger partial charge >= 0.3 is 0 Å². The Hall–Kier alpha value is -3.60. The number of carbonyl (C=O) groups excluding carboxylic acids is 2. The molecule has 0 radical (unpaired) electrons. The Morgan fingerprint density at radius 3 is 2.53 bits per heavy atom. The van der Waals surface area contributed by atoms with Gasteiger partial charge in [-0.1, -0.05) is 17.8 Å². The molecular formula is C23H24FN5O4S. The van der Waals surface area contributed by atoms with Gasteiger partial charge in [0.25, 0.3) is 5.91 Å². The van der Waals surface area contributed by atoms with Gasteiger partial charge < -0.3 is 19.0 Å². The summed E-state index contributed by atoms with van der Waals surface area (Å²) >= 11 is 1.29. The van der Waals surface area contributed by atoms with Crippen molar-refractivity contribution in [1.82, 2.24) is 24.6 Å². The van der Waals surface area contributed by atoms with Gasteiger partial charge in [-0.3, -0.25) is 14.2 Å². The maximum absolute atomic E-state index is 13.1. The second-order valence-electron chi connectivity index (χ2n) is 7.48. The number of aromatic nitrogens is 3. The molecule has 4 rings (SSSR count). The summed E-state index contributed by atoms with van der Waals surface area (Å²) in [6.07, 6.45) is 3.18. The van der Waals surface area contributed by atoms with Crippen LogP contribution in [0.2, 0.25) is 0 Å². The Morgan fingerprint density at radius 1 is 1.12 bits per heavy atom. The average Bonchev–Trinajstić information content (AvgIpc) is 3.53. The summed E-state index contributed by atoms with van der Waals surface area (Å²) in [7, 11) is 0. The molecule has 0 spiro atoms. The molecule has 34 heavy (non-hydrogen) atoms. The number of furan rings is 1. The summed E-state index contributed by atoms with van der Waals surface area (Å²) in [6, 6.07) is 9.04. The molecule has 9 nitrogen and oxygen atoms in total. The number of halogens is 1. The fourth-order valence-corrected chi connectivity index (χ4v) is 4.33. The van der Waals surface area contributed by atoms with Gasteiger partial charge in [-0.2, -0.15) is 0 Å². The fourth-order valence-electron chi connectivity index (χ4n) is 3.46. The van der Waals surface area contributed by atoms with E-state index in [0.717, 1.165) is 0 Å². The van der Waals surface area contributed by atoms with E-state index in [4.69, 9.17) is 9.15 Å². The van der Waals surface area contributed by atoms with Crippen molar-refractivity contribution in [2.75, 3.05) is 31.9 Å². The number of rotatable bonds is 9. The lowest BCUT2D eigenvalue weighted by atomic mass is 10.3. The first-order valence-corrected chi connectivity index (χ1v) is 11.7. The Bertz CT molecular complexity index is 1120. The second-order valence-corrected chi connectivity index (χ2v) is 8.42. The van der Waals surface area contributed by atoms with Gasteiger partial charge in [-0.05, 0) is 36.4 Å². The molecule has 0 unspecified atom stereocenters. The van der Waals surface area contributed by atoms with E-state index in [2.05, 4.69) is 16.8 Å². The molecule has 0 saturated carbocycles. The van der Waals surface area contributed by atoms with E-state index in [1.807, 2.05) is 4.57 Å². The van der Waals surface area contributed by atoms with Crippen LogP contribution in [0, 0.1) is 5.82 Å². The first-order chi connectivity index (χ1) is 16.5. The molecule has 1 fully saturated rings. The number of amides is 2. The molecule has 1 saturated heterocycles. The largest absolute Gasteiger partial charge is 0.486 e. The second kappa shape index (κ2) is 11.0. The number of hydrogen-bond donors (Lipinski definition) is 0. The highest BCUT2D eigenvalue weighted by Crippen LogP contribution is 2.20. The highest BCUT2D eigenvalue weighted by molar-refractivity contribution is 7.99. The van der Waals surface area contributed by atoms with E-state index in [0.29, 0.717) is 55.2 Å². The molecule has 1 aliphatic heterocycles. The van der Waals surface area contributed by atoms with E-state index >= 15 is 0 Å². The Labute approximate surface area is 200 Å². The highest BCUT2D eigenvalue weighted by atomic mass is 32.2. The van der Waals surface area contributed by atoms with Crippen LogP contribution in [-0.2, 0) is 17.9 Å². The number of carbonyl (C=O) groups is 2. The summed E-state index contributed by atoms with van der Waals surface area (Å²) in [6.45, 7) is 6.20. The monoisotopic (exact) mass is 485 g/mol. The maximum atomic E-state index is 13.1. The molecule has 3 aromatic rings. The maximum Gasteiger partial charge on any atom is 0.289 e. The molecule has 1 aromatic carbocycles. The zero-order valence-electron chi connectivity index (χ0n) is 18.4. The number of piperazine rings is 1. The summed E-state index contributed by atoms with van der Waals surface area (Å²) in [5.41, 5.74) is 0. The molecule has 0 atom stereocenters. The highest BCUT2D eigenvalue weighted by Gasteiger charge is 2.26. The topological polar surface area (TPSA) is 93.7 Å². The molecule has 2 amide bonds. The minimum Gasteiger partial charge on any atom is -0.486 e. The zero-order valence-corrected chi connectivity index (χ0v) is 19.2. The summed E-state index contributed by atoms with van der Waals surface area (Å²) in [5.74, 6) is 1.05. The van der Waals surface area contributed by atoms with Crippen molar-refractivity contribution < 1.29 is 23.1 Å². The van der Waals surface area contributed by atoms with Crippen LogP contribution in [0.5, 0.6) is 5.75 Å². The lowest BCUT2D eigenvalue weighted by Gasteiger charge is -2.34. The average molecular weight is 486 g/mol. The molecule has 11 heteroatoms. The van der Waals surface area contributed by atoms with Crippen molar-refractivity contribution >= 4 is 23.6 Å². The van der Waals surface area contributed by atoms with Crippen LogP contribution in [0.15, 0.2) is 64.9 Å². The lowest BCUT2D eigenvalue weighted by molar-refractivity contribution is -0.129. The quantitative estimate of drug-likeness (QED) is 0.340. The molecule has 0 aliphatic carbocycles. The number of allylic oxidation sites excluding steroid dienone is 1. The predicted octanol–water partition coefficient (Wildman–Crippen LogP) is 2.85. The third kappa shape index (κ3) is 5.66. The third-order valence-corrected chi connectivity index (χ3v) is 6.21. The minimum atomic E-state index is -0.337.